The van der Waals surface area contributed by atoms with Crippen LogP contribution in [0.5, 0.6) is 0 Å². The minimum atomic E-state index is -2.04. The van der Waals surface area contributed by atoms with E-state index in [1.807, 2.05) is 18.2 Å². The van der Waals surface area contributed by atoms with Gasteiger partial charge in [0.25, 0.3) is 0 Å². The van der Waals surface area contributed by atoms with Crippen LogP contribution in [-0.2, 0) is 13.3 Å². The minimum absolute atomic E-state index is 0.0202. The van der Waals surface area contributed by atoms with Gasteiger partial charge < -0.3 is 13.3 Å². The van der Waals surface area contributed by atoms with Gasteiger partial charge in [0.05, 0.1) is 18.3 Å². The molecule has 247 valence electrons. The minimum Gasteiger partial charge on any atom is -0.368 e. The molecule has 0 atom stereocenters. The monoisotopic (exact) mass is 616 g/mol. The van der Waals surface area contributed by atoms with Gasteiger partial charge in [-0.2, -0.15) is 0 Å². The van der Waals surface area contributed by atoms with E-state index < -0.39 is 9.53 Å². The predicted molar refractivity (Wildman–Crippen MR) is 183 cm³/mol. The van der Waals surface area contributed by atoms with Gasteiger partial charge in [0.15, 0.2) is 0 Å². The second kappa shape index (κ2) is 13.1. The maximum Gasteiger partial charge on any atom is 0.578 e. The average molecular weight is 617 g/mol. The van der Waals surface area contributed by atoms with Gasteiger partial charge in [-0.25, -0.2) is 0 Å². The van der Waals surface area contributed by atoms with E-state index in [-0.39, 0.29) is 51.5 Å². The molecule has 1 radical (unpaired) electrons. The summed E-state index contributed by atoms with van der Waals surface area (Å²) >= 11 is 0. The van der Waals surface area contributed by atoms with Crippen molar-refractivity contribution in [3.05, 3.63) is 38.0 Å². The lowest BCUT2D eigenvalue weighted by atomic mass is 9.78. The first kappa shape index (κ1) is 36.7. The van der Waals surface area contributed by atoms with Crippen LogP contribution in [0.25, 0.3) is 0 Å². The Morgan fingerprint density at radius 1 is 0.465 bits per heavy atom. The Morgan fingerprint density at radius 3 is 0.814 bits per heavy atom. The third-order valence-corrected chi connectivity index (χ3v) is 12.0. The zero-order chi connectivity index (χ0) is 32.6. The van der Waals surface area contributed by atoms with Crippen molar-refractivity contribution in [2.75, 3.05) is 19.6 Å². The van der Waals surface area contributed by atoms with Crippen molar-refractivity contribution in [1.29, 1.82) is 0 Å². The molecule has 0 spiro atoms. The van der Waals surface area contributed by atoms with Gasteiger partial charge in [-0.05, 0) is 122 Å². The fourth-order valence-electron chi connectivity index (χ4n) is 9.29. The van der Waals surface area contributed by atoms with Gasteiger partial charge in [0, 0.05) is 52.9 Å². The van der Waals surface area contributed by atoms with Crippen LogP contribution in [0, 0.1) is 0 Å². The van der Waals surface area contributed by atoms with Crippen LogP contribution in [0.3, 0.4) is 0 Å². The van der Waals surface area contributed by atoms with Gasteiger partial charge in [-0.1, -0.05) is 18.2 Å². The standard InChI is InChI=1S/C36H66N3O3Si/c1-16-19-37-31(4,5)22-28(23-32(37,6)7)40-43(41-29-24-33(8,9)38(20-17-2)34(10,11)25-29)42-30-26-35(12,13)39(21-18-3)36(14,15)27-30/h16-18,28-30H,1-3,19-27H2,4-15H3. The predicted octanol–water partition coefficient (Wildman–Crippen LogP) is 7.64. The lowest BCUT2D eigenvalue weighted by Gasteiger charge is -2.56. The molecule has 3 aliphatic heterocycles. The number of likely N-dealkylation sites (tertiary alicyclic amines) is 3. The molecule has 7 heteroatoms. The summed E-state index contributed by atoms with van der Waals surface area (Å²) < 4.78 is 21.2. The Kier molecular flexibility index (Phi) is 11.2. The summed E-state index contributed by atoms with van der Waals surface area (Å²) in [6.07, 6.45) is 11.9. The third-order valence-electron chi connectivity index (χ3n) is 10.5. The Morgan fingerprint density at radius 2 is 0.651 bits per heavy atom. The summed E-state index contributed by atoms with van der Waals surface area (Å²) in [7, 11) is -2.04. The van der Waals surface area contributed by atoms with Crippen LogP contribution < -0.4 is 0 Å². The number of hydrogen-bond donors (Lipinski definition) is 0. The molecule has 0 aromatic carbocycles. The molecular formula is C36H66N3O3Si. The zero-order valence-corrected chi connectivity index (χ0v) is 31.0. The molecule has 3 saturated heterocycles. The average Bonchev–Trinajstić information content (AvgIpc) is 2.79. The SMILES string of the molecule is C=CCN1C(C)(C)CC(O[Si](OC2CC(C)(C)N(CC=C)C(C)(C)C2)OC2CC(C)(C)N(CC=C)C(C)(C)C2)CC1(C)C. The molecule has 0 unspecified atom stereocenters. The largest absolute Gasteiger partial charge is 0.578 e. The zero-order valence-electron chi connectivity index (χ0n) is 30.0. The highest BCUT2D eigenvalue weighted by molar-refractivity contribution is 6.36. The molecule has 3 heterocycles. The van der Waals surface area contributed by atoms with Gasteiger partial charge >= 0.3 is 9.53 Å². The Bertz CT molecular complexity index is 811. The molecule has 6 nitrogen and oxygen atoms in total. The molecule has 3 aliphatic rings. The first-order valence-corrected chi connectivity index (χ1v) is 17.9. The van der Waals surface area contributed by atoms with E-state index in [0.29, 0.717) is 0 Å². The van der Waals surface area contributed by atoms with E-state index in [2.05, 4.69) is 118 Å². The third kappa shape index (κ3) is 8.52. The summed E-state index contributed by atoms with van der Waals surface area (Å²) in [5.41, 5.74) is -0.121. The summed E-state index contributed by atoms with van der Waals surface area (Å²) in [6, 6.07) is 0. The molecule has 3 fully saturated rings. The molecule has 0 bridgehead atoms. The maximum absolute atomic E-state index is 7.06. The highest BCUT2D eigenvalue weighted by atomic mass is 28.3. The summed E-state index contributed by atoms with van der Waals surface area (Å²) in [5, 5.41) is 0. The lowest BCUT2D eigenvalue weighted by molar-refractivity contribution is -0.120. The van der Waals surface area contributed by atoms with Crippen molar-refractivity contribution in [2.24, 2.45) is 0 Å². The molecule has 0 aromatic rings. The normalized spacial score (nSPS) is 28.1. The van der Waals surface area contributed by atoms with Crippen molar-refractivity contribution in [1.82, 2.24) is 14.7 Å². The van der Waals surface area contributed by atoms with E-state index in [0.717, 1.165) is 58.2 Å². The van der Waals surface area contributed by atoms with Crippen LogP contribution in [0.1, 0.15) is 122 Å². The van der Waals surface area contributed by atoms with E-state index in [1.54, 1.807) is 0 Å². The first-order chi connectivity index (χ1) is 19.6. The Balaban J connectivity index is 1.88. The molecule has 0 aliphatic carbocycles. The van der Waals surface area contributed by atoms with Gasteiger partial charge in [-0.15, -0.1) is 19.7 Å². The number of piperidine rings is 3. The Hall–Kier alpha value is -0.803. The van der Waals surface area contributed by atoms with Gasteiger partial charge in [0.1, 0.15) is 0 Å². The van der Waals surface area contributed by atoms with Crippen LogP contribution in [0.2, 0.25) is 0 Å². The molecule has 0 aromatic heterocycles. The van der Waals surface area contributed by atoms with Crippen molar-refractivity contribution >= 4 is 9.53 Å². The number of rotatable bonds is 12. The van der Waals surface area contributed by atoms with Gasteiger partial charge in [0.2, 0.25) is 0 Å². The maximum atomic E-state index is 7.06. The molecule has 0 saturated carbocycles. The molecule has 0 N–H and O–H groups in total. The number of nitrogens with zero attached hydrogens (tertiary/aromatic N) is 3. The van der Waals surface area contributed by atoms with E-state index in [9.17, 15) is 0 Å². The number of hydrogen-bond acceptors (Lipinski definition) is 6. The van der Waals surface area contributed by atoms with Crippen molar-refractivity contribution in [3.63, 3.8) is 0 Å². The Labute approximate surface area is 267 Å². The smallest absolute Gasteiger partial charge is 0.368 e. The topological polar surface area (TPSA) is 37.4 Å². The highest BCUT2D eigenvalue weighted by Crippen LogP contribution is 2.43. The molecule has 0 amide bonds. The van der Waals surface area contributed by atoms with E-state index in [1.165, 1.54) is 0 Å². The van der Waals surface area contributed by atoms with Crippen LogP contribution in [0.15, 0.2) is 38.0 Å². The fraction of sp³-hybridized carbons (Fsp3) is 0.833. The van der Waals surface area contributed by atoms with Crippen LogP contribution in [-0.4, -0.2) is 95.4 Å². The van der Waals surface area contributed by atoms with Crippen molar-refractivity contribution in [3.8, 4) is 0 Å². The second-order valence-corrected chi connectivity index (χ2v) is 18.5. The fourth-order valence-corrected chi connectivity index (χ4v) is 10.8. The first-order valence-electron chi connectivity index (χ1n) is 16.6. The molecule has 43 heavy (non-hydrogen) atoms. The van der Waals surface area contributed by atoms with Crippen LogP contribution >= 0.6 is 0 Å². The second-order valence-electron chi connectivity index (χ2n) is 17.3. The summed E-state index contributed by atoms with van der Waals surface area (Å²) in [6.45, 7) is 42.8. The quantitative estimate of drug-likeness (QED) is 0.166. The van der Waals surface area contributed by atoms with Crippen LogP contribution in [0.4, 0.5) is 0 Å². The highest BCUT2D eigenvalue weighted by Gasteiger charge is 2.51. The lowest BCUT2D eigenvalue weighted by Crippen LogP contribution is -2.64. The van der Waals surface area contributed by atoms with Crippen molar-refractivity contribution in [2.45, 2.75) is 173 Å². The van der Waals surface area contributed by atoms with E-state index >= 15 is 0 Å². The van der Waals surface area contributed by atoms with Crippen molar-refractivity contribution < 1.29 is 13.3 Å². The summed E-state index contributed by atoms with van der Waals surface area (Å²) in [4.78, 5) is 7.71. The van der Waals surface area contributed by atoms with E-state index in [4.69, 9.17) is 13.3 Å². The molecular weight excluding hydrogens is 551 g/mol. The van der Waals surface area contributed by atoms with Gasteiger partial charge in [-0.3, -0.25) is 14.7 Å². The summed E-state index contributed by atoms with van der Waals surface area (Å²) in [5.74, 6) is 0. The molecule has 3 rings (SSSR count).